The molecule has 1 heterocycles. The summed E-state index contributed by atoms with van der Waals surface area (Å²) in [5, 5.41) is 8.31. The largest absolute Gasteiger partial charge is 0.494 e. The number of nitrogens with zero attached hydrogens (tertiary/aromatic N) is 3. The summed E-state index contributed by atoms with van der Waals surface area (Å²) in [5.41, 5.74) is 7.67. The number of rotatable bonds is 8. The van der Waals surface area contributed by atoms with Crippen LogP contribution in [0.15, 0.2) is 30.3 Å². The van der Waals surface area contributed by atoms with Gasteiger partial charge in [-0.3, -0.25) is 0 Å². The average Bonchev–Trinajstić information content (AvgIpc) is 2.82. The minimum atomic E-state index is 0.616. The lowest BCUT2D eigenvalue weighted by Crippen LogP contribution is -2.07. The standard InChI is InChI=1S/C15H22N4O/c1-13-15(9-10-16)17-18-19(13)11-5-6-12-20-14-7-3-2-4-8-14/h2-4,7-8H,5-6,9-12,16H2,1H3. The maximum Gasteiger partial charge on any atom is 0.119 e. The highest BCUT2D eigenvalue weighted by atomic mass is 16.5. The number of aryl methyl sites for hydroxylation is 1. The molecule has 0 saturated heterocycles. The average molecular weight is 274 g/mol. The van der Waals surface area contributed by atoms with Crippen molar-refractivity contribution in [2.45, 2.75) is 32.7 Å². The predicted molar refractivity (Wildman–Crippen MR) is 78.7 cm³/mol. The Hall–Kier alpha value is -1.88. The van der Waals surface area contributed by atoms with Crippen molar-refractivity contribution in [1.82, 2.24) is 15.0 Å². The smallest absolute Gasteiger partial charge is 0.119 e. The monoisotopic (exact) mass is 274 g/mol. The van der Waals surface area contributed by atoms with Gasteiger partial charge in [-0.1, -0.05) is 23.4 Å². The van der Waals surface area contributed by atoms with Crippen LogP contribution in [0.5, 0.6) is 5.75 Å². The van der Waals surface area contributed by atoms with Crippen LogP contribution in [-0.4, -0.2) is 28.1 Å². The normalized spacial score (nSPS) is 10.7. The van der Waals surface area contributed by atoms with Gasteiger partial charge in [0.15, 0.2) is 0 Å². The number of unbranched alkanes of at least 4 members (excludes halogenated alkanes) is 1. The molecule has 0 unspecified atom stereocenters. The molecule has 0 amide bonds. The maximum absolute atomic E-state index is 5.66. The van der Waals surface area contributed by atoms with Crippen molar-refractivity contribution < 1.29 is 4.74 Å². The highest BCUT2D eigenvalue weighted by Crippen LogP contribution is 2.09. The first-order chi connectivity index (χ1) is 9.81. The topological polar surface area (TPSA) is 66.0 Å². The summed E-state index contributed by atoms with van der Waals surface area (Å²) in [5.74, 6) is 0.926. The molecule has 0 saturated carbocycles. The van der Waals surface area contributed by atoms with Gasteiger partial charge in [-0.15, -0.1) is 5.10 Å². The Bertz CT molecular complexity index is 510. The SMILES string of the molecule is Cc1c(CCN)nnn1CCCCOc1ccccc1. The first-order valence-corrected chi connectivity index (χ1v) is 7.08. The molecular formula is C15H22N4O. The van der Waals surface area contributed by atoms with Crippen LogP contribution in [0.25, 0.3) is 0 Å². The summed E-state index contributed by atoms with van der Waals surface area (Å²) in [6.07, 6.45) is 2.82. The fourth-order valence-electron chi connectivity index (χ4n) is 2.05. The minimum absolute atomic E-state index is 0.616. The van der Waals surface area contributed by atoms with E-state index in [-0.39, 0.29) is 0 Å². The number of nitrogens with two attached hydrogens (primary N) is 1. The van der Waals surface area contributed by atoms with Crippen molar-refractivity contribution in [3.8, 4) is 5.75 Å². The van der Waals surface area contributed by atoms with Gasteiger partial charge < -0.3 is 10.5 Å². The van der Waals surface area contributed by atoms with Crippen LogP contribution >= 0.6 is 0 Å². The van der Waals surface area contributed by atoms with E-state index in [1.54, 1.807) is 0 Å². The number of aromatic nitrogens is 3. The molecule has 0 radical (unpaired) electrons. The number of para-hydroxylation sites is 1. The molecule has 108 valence electrons. The first kappa shape index (κ1) is 14.5. The molecule has 5 nitrogen and oxygen atoms in total. The third kappa shape index (κ3) is 4.06. The van der Waals surface area contributed by atoms with E-state index >= 15 is 0 Å². The first-order valence-electron chi connectivity index (χ1n) is 7.08. The van der Waals surface area contributed by atoms with Gasteiger partial charge in [-0.2, -0.15) is 0 Å². The van der Waals surface area contributed by atoms with E-state index in [0.29, 0.717) is 6.54 Å². The zero-order valence-corrected chi connectivity index (χ0v) is 12.0. The summed E-state index contributed by atoms with van der Waals surface area (Å²) < 4.78 is 7.61. The fraction of sp³-hybridized carbons (Fsp3) is 0.467. The van der Waals surface area contributed by atoms with Crippen LogP contribution in [0.3, 0.4) is 0 Å². The van der Waals surface area contributed by atoms with Crippen LogP contribution in [0.4, 0.5) is 0 Å². The van der Waals surface area contributed by atoms with Gasteiger partial charge in [0.25, 0.3) is 0 Å². The van der Waals surface area contributed by atoms with Crippen molar-refractivity contribution in [3.05, 3.63) is 41.7 Å². The van der Waals surface area contributed by atoms with E-state index in [2.05, 4.69) is 10.3 Å². The van der Waals surface area contributed by atoms with Gasteiger partial charge in [-0.25, -0.2) is 4.68 Å². The highest BCUT2D eigenvalue weighted by molar-refractivity contribution is 5.20. The zero-order chi connectivity index (χ0) is 14.2. The number of benzene rings is 1. The predicted octanol–water partition coefficient (Wildman–Crippen LogP) is 1.95. The second-order valence-electron chi connectivity index (χ2n) is 4.75. The molecule has 0 aliphatic rings. The maximum atomic E-state index is 5.66. The molecular weight excluding hydrogens is 252 g/mol. The molecule has 0 fully saturated rings. The molecule has 2 rings (SSSR count). The van der Waals surface area contributed by atoms with Crippen LogP contribution in [0, 0.1) is 6.92 Å². The van der Waals surface area contributed by atoms with Gasteiger partial charge in [0, 0.05) is 13.0 Å². The molecule has 2 N–H and O–H groups in total. The van der Waals surface area contributed by atoms with E-state index in [9.17, 15) is 0 Å². The van der Waals surface area contributed by atoms with E-state index < -0.39 is 0 Å². The lowest BCUT2D eigenvalue weighted by atomic mass is 10.2. The summed E-state index contributed by atoms with van der Waals surface area (Å²) >= 11 is 0. The molecule has 1 aromatic heterocycles. The molecule has 5 heteroatoms. The lowest BCUT2D eigenvalue weighted by molar-refractivity contribution is 0.301. The second-order valence-corrected chi connectivity index (χ2v) is 4.75. The summed E-state index contributed by atoms with van der Waals surface area (Å²) in [4.78, 5) is 0. The molecule has 1 aromatic carbocycles. The Kier molecular flexibility index (Phi) is 5.55. The minimum Gasteiger partial charge on any atom is -0.494 e. The Morgan fingerprint density at radius 2 is 2.00 bits per heavy atom. The molecule has 20 heavy (non-hydrogen) atoms. The Morgan fingerprint density at radius 3 is 2.75 bits per heavy atom. The molecule has 2 aromatic rings. The van der Waals surface area contributed by atoms with Gasteiger partial charge in [-0.05, 0) is 38.4 Å². The number of ether oxygens (including phenoxy) is 1. The molecule has 0 atom stereocenters. The molecule has 0 spiro atoms. The highest BCUT2D eigenvalue weighted by Gasteiger charge is 2.06. The van der Waals surface area contributed by atoms with Crippen LogP contribution in [0.2, 0.25) is 0 Å². The van der Waals surface area contributed by atoms with Gasteiger partial charge in [0.1, 0.15) is 5.75 Å². The fourth-order valence-corrected chi connectivity index (χ4v) is 2.05. The van der Waals surface area contributed by atoms with Gasteiger partial charge in [0.2, 0.25) is 0 Å². The molecule has 0 aliphatic carbocycles. The summed E-state index contributed by atoms with van der Waals surface area (Å²) in [6.45, 7) is 4.27. The van der Waals surface area contributed by atoms with Gasteiger partial charge >= 0.3 is 0 Å². The molecule has 0 bridgehead atoms. The van der Waals surface area contributed by atoms with Crippen LogP contribution in [0.1, 0.15) is 24.2 Å². The van der Waals surface area contributed by atoms with Crippen molar-refractivity contribution in [3.63, 3.8) is 0 Å². The van der Waals surface area contributed by atoms with Crippen molar-refractivity contribution in [2.24, 2.45) is 5.73 Å². The number of hydrogen-bond donors (Lipinski definition) is 1. The van der Waals surface area contributed by atoms with Gasteiger partial charge in [0.05, 0.1) is 18.0 Å². The van der Waals surface area contributed by atoms with E-state index in [1.165, 1.54) is 0 Å². The molecule has 0 aliphatic heterocycles. The lowest BCUT2D eigenvalue weighted by Gasteiger charge is -2.06. The Balaban J connectivity index is 1.68. The third-order valence-corrected chi connectivity index (χ3v) is 3.24. The quantitative estimate of drug-likeness (QED) is 0.747. The zero-order valence-electron chi connectivity index (χ0n) is 12.0. The Labute approximate surface area is 119 Å². The van der Waals surface area contributed by atoms with E-state index in [1.807, 2.05) is 41.9 Å². The number of hydrogen-bond acceptors (Lipinski definition) is 4. The van der Waals surface area contributed by atoms with Crippen molar-refractivity contribution in [1.29, 1.82) is 0 Å². The van der Waals surface area contributed by atoms with Crippen molar-refractivity contribution >= 4 is 0 Å². The second kappa shape index (κ2) is 7.65. The van der Waals surface area contributed by atoms with E-state index in [0.717, 1.165) is 49.6 Å². The summed E-state index contributed by atoms with van der Waals surface area (Å²) in [6, 6.07) is 9.89. The van der Waals surface area contributed by atoms with Crippen LogP contribution in [-0.2, 0) is 13.0 Å². The third-order valence-electron chi connectivity index (χ3n) is 3.24. The summed E-state index contributed by atoms with van der Waals surface area (Å²) in [7, 11) is 0. The van der Waals surface area contributed by atoms with Crippen LogP contribution < -0.4 is 10.5 Å². The van der Waals surface area contributed by atoms with Crippen molar-refractivity contribution in [2.75, 3.05) is 13.2 Å². The Morgan fingerprint density at radius 1 is 1.20 bits per heavy atom. The van der Waals surface area contributed by atoms with E-state index in [4.69, 9.17) is 10.5 Å².